The predicted molar refractivity (Wildman–Crippen MR) is 178 cm³/mol. The molecular formula is C32H21N9O5S2. The third kappa shape index (κ3) is 4.24. The quantitative estimate of drug-likeness (QED) is 0.151. The van der Waals surface area contributed by atoms with Gasteiger partial charge in [-0.15, -0.1) is 0 Å². The average Bonchev–Trinajstić information content (AvgIpc) is 3.79. The molecule has 236 valence electrons. The van der Waals surface area contributed by atoms with Gasteiger partial charge in [0.15, 0.2) is 0 Å². The molecule has 0 atom stereocenters. The average molecular weight is 676 g/mol. The normalized spacial score (nSPS) is 13.4. The lowest BCUT2D eigenvalue weighted by atomic mass is 10.2. The molecule has 0 unspecified atom stereocenters. The monoisotopic (exact) mass is 675 g/mol. The number of rotatable bonds is 2. The van der Waals surface area contributed by atoms with Crippen molar-refractivity contribution in [1.82, 2.24) is 19.9 Å². The molecule has 8 aromatic rings. The highest BCUT2D eigenvalue weighted by atomic mass is 32.2. The van der Waals surface area contributed by atoms with Crippen LogP contribution in [0.4, 0.5) is 23.3 Å². The van der Waals surface area contributed by atoms with E-state index in [2.05, 4.69) is 19.9 Å². The SMILES string of the molecule is NS(=O)(=O)c1ccc2c3[nH]c(c2c1S(=O)(=O)O)N=c1[nH]c(c2ccccc12)=Nc1[nH]c(c2ccccc12)N=c1[nH]c(c2ccccc12)=N3. The molecule has 9 rings (SSSR count). The molecule has 0 amide bonds. The van der Waals surface area contributed by atoms with Crippen LogP contribution in [0.5, 0.6) is 0 Å². The summed E-state index contributed by atoms with van der Waals surface area (Å²) >= 11 is 0. The number of nitrogens with zero attached hydrogens (tertiary/aromatic N) is 4. The molecule has 0 fully saturated rings. The molecule has 0 saturated carbocycles. The van der Waals surface area contributed by atoms with Gasteiger partial charge in [0.05, 0.1) is 5.39 Å². The Kier molecular flexibility index (Phi) is 5.77. The molecule has 4 aromatic heterocycles. The first-order chi connectivity index (χ1) is 23.0. The number of primary sulfonamides is 1. The minimum atomic E-state index is -5.17. The van der Waals surface area contributed by atoms with Crippen LogP contribution in [0.1, 0.15) is 0 Å². The summed E-state index contributed by atoms with van der Waals surface area (Å²) in [6.45, 7) is 0. The van der Waals surface area contributed by atoms with Gasteiger partial charge in [0, 0.05) is 37.7 Å². The van der Waals surface area contributed by atoms with Crippen molar-refractivity contribution in [2.24, 2.45) is 25.1 Å². The third-order valence-electron chi connectivity index (χ3n) is 8.33. The van der Waals surface area contributed by atoms with Gasteiger partial charge in [0.1, 0.15) is 55.0 Å². The van der Waals surface area contributed by atoms with Crippen molar-refractivity contribution < 1.29 is 21.4 Å². The third-order valence-corrected chi connectivity index (χ3v) is 10.4. The van der Waals surface area contributed by atoms with Gasteiger partial charge in [-0.25, -0.2) is 33.5 Å². The zero-order valence-corrected chi connectivity index (χ0v) is 26.0. The molecule has 48 heavy (non-hydrogen) atoms. The van der Waals surface area contributed by atoms with Gasteiger partial charge in [-0.1, -0.05) is 72.8 Å². The Morgan fingerprint density at radius 2 is 0.854 bits per heavy atom. The van der Waals surface area contributed by atoms with Crippen LogP contribution in [-0.4, -0.2) is 41.3 Å². The number of aromatic amines is 4. The van der Waals surface area contributed by atoms with Crippen LogP contribution in [0.15, 0.2) is 115 Å². The lowest BCUT2D eigenvalue weighted by Gasteiger charge is -2.07. The Labute approximate surface area is 268 Å². The molecule has 1 aliphatic rings. The van der Waals surface area contributed by atoms with E-state index >= 15 is 0 Å². The number of nitrogens with one attached hydrogen (secondary N) is 4. The number of fused-ring (bicyclic) bond motifs is 20. The molecule has 1 aliphatic heterocycles. The van der Waals surface area contributed by atoms with Crippen LogP contribution in [-0.2, 0) is 20.1 Å². The zero-order valence-electron chi connectivity index (χ0n) is 24.3. The highest BCUT2D eigenvalue weighted by Crippen LogP contribution is 2.41. The summed E-state index contributed by atoms with van der Waals surface area (Å²) in [5, 5.41) is 9.85. The van der Waals surface area contributed by atoms with Crippen LogP contribution < -0.4 is 27.1 Å². The molecule has 0 radical (unpaired) electrons. The van der Waals surface area contributed by atoms with Crippen molar-refractivity contribution in [3.05, 3.63) is 107 Å². The van der Waals surface area contributed by atoms with Gasteiger partial charge in [0.2, 0.25) is 10.0 Å². The molecule has 5 heterocycles. The number of H-pyrrole nitrogens is 4. The zero-order chi connectivity index (χ0) is 32.9. The maximum absolute atomic E-state index is 12.9. The molecule has 4 aromatic carbocycles. The number of benzene rings is 4. The van der Waals surface area contributed by atoms with E-state index in [9.17, 15) is 21.4 Å². The first kappa shape index (κ1) is 28.3. The maximum Gasteiger partial charge on any atom is 0.296 e. The summed E-state index contributed by atoms with van der Waals surface area (Å²) in [6, 6.07) is 24.9. The smallest absolute Gasteiger partial charge is 0.296 e. The lowest BCUT2D eigenvalue weighted by molar-refractivity contribution is 0.481. The summed E-state index contributed by atoms with van der Waals surface area (Å²) in [5.41, 5.74) is 1.60. The number of aromatic nitrogens is 4. The van der Waals surface area contributed by atoms with Crippen LogP contribution >= 0.6 is 0 Å². The molecular weight excluding hydrogens is 655 g/mol. The van der Waals surface area contributed by atoms with Gasteiger partial charge in [-0.05, 0) is 12.1 Å². The topological polar surface area (TPSA) is 227 Å². The van der Waals surface area contributed by atoms with Gasteiger partial charge in [0.25, 0.3) is 10.1 Å². The van der Waals surface area contributed by atoms with Crippen molar-refractivity contribution in [3.63, 3.8) is 0 Å². The van der Waals surface area contributed by atoms with E-state index < -0.39 is 29.9 Å². The Bertz CT molecular complexity index is 3190. The van der Waals surface area contributed by atoms with E-state index in [1.165, 1.54) is 6.07 Å². The standard InChI is InChI=1S/C32H21N9O5S2/c33-47(42,43)22-14-13-21-23(24(22)48(44,45)46)32-40-30-20-12-6-5-11-19(20)28(38-30)36-26-16-8-2-1-7-15(16)25(34-26)35-27-17-9-3-4-10-18(17)29(37-27)39-31(21)41-32/h1-14H,(H2,33,42,43)(H,44,45,46)(H4,34,35,36,37,38,39,40,41). The summed E-state index contributed by atoms with van der Waals surface area (Å²) in [7, 11) is -9.79. The van der Waals surface area contributed by atoms with E-state index in [4.69, 9.17) is 25.1 Å². The molecule has 7 N–H and O–H groups in total. The van der Waals surface area contributed by atoms with Crippen LogP contribution in [0.2, 0.25) is 0 Å². The minimum Gasteiger partial charge on any atom is -0.324 e. The fourth-order valence-corrected chi connectivity index (χ4v) is 8.36. The van der Waals surface area contributed by atoms with Crippen LogP contribution in [0.25, 0.3) is 43.1 Å². The largest absolute Gasteiger partial charge is 0.324 e. The summed E-state index contributed by atoms with van der Waals surface area (Å²) in [6.07, 6.45) is 0. The second-order valence-electron chi connectivity index (χ2n) is 11.2. The first-order valence-corrected chi connectivity index (χ1v) is 17.4. The maximum atomic E-state index is 12.9. The Hall–Kier alpha value is -5.94. The summed E-state index contributed by atoms with van der Waals surface area (Å²) in [4.78, 5) is 30.8. The minimum absolute atomic E-state index is 0.0964. The molecule has 16 heteroatoms. The van der Waals surface area contributed by atoms with E-state index in [1.54, 1.807) is 0 Å². The molecule has 14 nitrogen and oxygen atoms in total. The van der Waals surface area contributed by atoms with E-state index in [0.717, 1.165) is 22.2 Å². The summed E-state index contributed by atoms with van der Waals surface area (Å²) < 4.78 is 61.4. The van der Waals surface area contributed by atoms with Crippen LogP contribution in [0.3, 0.4) is 0 Å². The van der Waals surface area contributed by atoms with E-state index in [0.29, 0.717) is 44.3 Å². The van der Waals surface area contributed by atoms with Gasteiger partial charge < -0.3 is 19.9 Å². The Balaban J connectivity index is 1.54. The van der Waals surface area contributed by atoms with Crippen molar-refractivity contribution in [2.75, 3.05) is 0 Å². The second-order valence-corrected chi connectivity index (χ2v) is 14.1. The number of nitrogens with two attached hydrogens (primary N) is 1. The first-order valence-electron chi connectivity index (χ1n) is 14.4. The van der Waals surface area contributed by atoms with Gasteiger partial charge in [-0.3, -0.25) is 4.55 Å². The number of hydrogen-bond donors (Lipinski definition) is 6. The highest BCUT2D eigenvalue weighted by Gasteiger charge is 2.29. The van der Waals surface area contributed by atoms with E-state index in [-0.39, 0.29) is 27.9 Å². The number of hydrogen-bond acceptors (Lipinski definition) is 8. The predicted octanol–water partition coefficient (Wildman–Crippen LogP) is 3.62. The van der Waals surface area contributed by atoms with Gasteiger partial charge in [-0.2, -0.15) is 8.42 Å². The molecule has 0 aliphatic carbocycles. The Morgan fingerprint density at radius 3 is 1.27 bits per heavy atom. The molecule has 8 bridgehead atoms. The fourth-order valence-electron chi connectivity index (χ4n) is 6.30. The number of sulfonamides is 1. The van der Waals surface area contributed by atoms with Crippen molar-refractivity contribution in [1.29, 1.82) is 0 Å². The lowest BCUT2D eigenvalue weighted by Crippen LogP contribution is -2.16. The highest BCUT2D eigenvalue weighted by molar-refractivity contribution is 7.91. The van der Waals surface area contributed by atoms with Crippen molar-refractivity contribution >= 4 is 86.5 Å². The fraction of sp³-hybridized carbons (Fsp3) is 0. The van der Waals surface area contributed by atoms with Crippen LogP contribution in [0, 0.1) is 0 Å². The molecule has 0 saturated heterocycles. The second kappa shape index (κ2) is 9.79. The van der Waals surface area contributed by atoms with Gasteiger partial charge >= 0.3 is 0 Å². The Morgan fingerprint density at radius 1 is 0.479 bits per heavy atom. The summed E-state index contributed by atoms with van der Waals surface area (Å²) in [5.74, 6) is 1.14. The van der Waals surface area contributed by atoms with Crippen molar-refractivity contribution in [3.8, 4) is 0 Å². The van der Waals surface area contributed by atoms with Crippen molar-refractivity contribution in [2.45, 2.75) is 9.79 Å². The van der Waals surface area contributed by atoms with E-state index in [1.807, 2.05) is 72.8 Å². The molecule has 0 spiro atoms.